The number of rotatable bonds is 1. The molecule has 0 N–H and O–H groups in total. The molecule has 16 heavy (non-hydrogen) atoms. The van der Waals surface area contributed by atoms with Crippen LogP contribution in [-0.2, 0) is 0 Å². The summed E-state index contributed by atoms with van der Waals surface area (Å²) >= 11 is 0. The van der Waals surface area contributed by atoms with Gasteiger partial charge in [0, 0.05) is 11.6 Å². The van der Waals surface area contributed by atoms with Crippen molar-refractivity contribution in [2.24, 2.45) is 0 Å². The lowest BCUT2D eigenvalue weighted by molar-refractivity contribution is 0.884. The smallest absolute Gasteiger partial charge is 0.138 e. The van der Waals surface area contributed by atoms with Gasteiger partial charge in [0.05, 0.1) is 11.2 Å². The Bertz CT molecular complexity index is 629. The molecule has 0 aliphatic rings. The molecule has 3 aromatic rings. The number of nitrogens with zero attached hydrogens (tertiary/aromatic N) is 4. The maximum Gasteiger partial charge on any atom is 0.138 e. The Kier molecular flexibility index (Phi) is 1.93. The number of pyridine rings is 1. The summed E-state index contributed by atoms with van der Waals surface area (Å²) in [5.74, 6) is 0. The average molecular weight is 210 g/mol. The molecule has 0 spiro atoms. The van der Waals surface area contributed by atoms with Gasteiger partial charge in [-0.15, -0.1) is 0 Å². The number of fused-ring (bicyclic) bond motifs is 1. The van der Waals surface area contributed by atoms with Gasteiger partial charge in [-0.05, 0) is 24.6 Å². The summed E-state index contributed by atoms with van der Waals surface area (Å²) < 4.78 is 1.75. The van der Waals surface area contributed by atoms with Crippen LogP contribution in [-0.4, -0.2) is 19.7 Å². The lowest BCUT2D eigenvalue weighted by Crippen LogP contribution is -1.96. The van der Waals surface area contributed by atoms with Crippen molar-refractivity contribution < 1.29 is 0 Å². The number of benzene rings is 1. The minimum atomic E-state index is 0.980. The van der Waals surface area contributed by atoms with Crippen molar-refractivity contribution in [1.29, 1.82) is 0 Å². The van der Waals surface area contributed by atoms with E-state index in [-0.39, 0.29) is 0 Å². The highest BCUT2D eigenvalue weighted by Gasteiger charge is 2.04. The van der Waals surface area contributed by atoms with Gasteiger partial charge in [0.15, 0.2) is 0 Å². The summed E-state index contributed by atoms with van der Waals surface area (Å²) in [7, 11) is 0. The molecule has 4 heteroatoms. The van der Waals surface area contributed by atoms with E-state index >= 15 is 0 Å². The Morgan fingerprint density at radius 1 is 1.19 bits per heavy atom. The predicted octanol–water partition coefficient (Wildman–Crippen LogP) is 2.12. The van der Waals surface area contributed by atoms with Crippen LogP contribution in [0.4, 0.5) is 0 Å². The fourth-order valence-corrected chi connectivity index (χ4v) is 1.78. The minimum absolute atomic E-state index is 0.980. The molecule has 0 bridgehead atoms. The fourth-order valence-electron chi connectivity index (χ4n) is 1.78. The van der Waals surface area contributed by atoms with Gasteiger partial charge >= 0.3 is 0 Å². The first-order valence-electron chi connectivity index (χ1n) is 5.05. The maximum absolute atomic E-state index is 4.35. The van der Waals surface area contributed by atoms with Gasteiger partial charge in [-0.25, -0.2) is 9.67 Å². The number of hydrogen-bond donors (Lipinski definition) is 0. The zero-order valence-electron chi connectivity index (χ0n) is 8.83. The molecule has 0 saturated carbocycles. The van der Waals surface area contributed by atoms with Crippen LogP contribution in [0.3, 0.4) is 0 Å². The van der Waals surface area contributed by atoms with Gasteiger partial charge in [-0.1, -0.05) is 12.1 Å². The molecule has 78 valence electrons. The zero-order valence-corrected chi connectivity index (χ0v) is 8.83. The van der Waals surface area contributed by atoms with E-state index in [4.69, 9.17) is 0 Å². The monoisotopic (exact) mass is 210 g/mol. The van der Waals surface area contributed by atoms with Crippen LogP contribution in [0.2, 0.25) is 0 Å². The van der Waals surface area contributed by atoms with Crippen molar-refractivity contribution in [3.63, 3.8) is 0 Å². The largest absolute Gasteiger partial charge is 0.256 e. The Labute approximate surface area is 92.6 Å². The van der Waals surface area contributed by atoms with Gasteiger partial charge in [0.1, 0.15) is 12.7 Å². The van der Waals surface area contributed by atoms with E-state index in [1.807, 2.05) is 6.07 Å². The van der Waals surface area contributed by atoms with Crippen LogP contribution in [0.5, 0.6) is 0 Å². The normalized spacial score (nSPS) is 10.8. The SMILES string of the molecule is Cc1ccc2c(-n3cncn3)ccnc2c1. The highest BCUT2D eigenvalue weighted by molar-refractivity contribution is 5.87. The summed E-state index contributed by atoms with van der Waals surface area (Å²) in [4.78, 5) is 8.31. The zero-order chi connectivity index (χ0) is 11.0. The van der Waals surface area contributed by atoms with Crippen LogP contribution < -0.4 is 0 Å². The summed E-state index contributed by atoms with van der Waals surface area (Å²) in [5.41, 5.74) is 3.19. The Hall–Kier alpha value is -2.23. The Morgan fingerprint density at radius 3 is 2.94 bits per heavy atom. The first-order chi connectivity index (χ1) is 7.84. The van der Waals surface area contributed by atoms with Gasteiger partial charge in [0.2, 0.25) is 0 Å². The topological polar surface area (TPSA) is 43.6 Å². The Morgan fingerprint density at radius 2 is 2.12 bits per heavy atom. The van der Waals surface area contributed by atoms with Gasteiger partial charge in [-0.3, -0.25) is 4.98 Å². The third-order valence-corrected chi connectivity index (χ3v) is 2.54. The first kappa shape index (κ1) is 9.03. The van der Waals surface area contributed by atoms with Gasteiger partial charge in [-0.2, -0.15) is 5.10 Å². The quantitative estimate of drug-likeness (QED) is 0.618. The number of hydrogen-bond acceptors (Lipinski definition) is 3. The van der Waals surface area contributed by atoms with E-state index in [9.17, 15) is 0 Å². The molecular weight excluding hydrogens is 200 g/mol. The van der Waals surface area contributed by atoms with Crippen LogP contribution in [0.25, 0.3) is 16.6 Å². The third kappa shape index (κ3) is 1.35. The average Bonchev–Trinajstić information content (AvgIpc) is 2.81. The molecule has 0 saturated heterocycles. The van der Waals surface area contributed by atoms with Crippen LogP contribution >= 0.6 is 0 Å². The van der Waals surface area contributed by atoms with E-state index in [0.717, 1.165) is 16.6 Å². The van der Waals surface area contributed by atoms with Crippen molar-refractivity contribution in [2.75, 3.05) is 0 Å². The summed E-state index contributed by atoms with van der Waals surface area (Å²) in [5, 5.41) is 5.22. The molecular formula is C12H10N4. The van der Waals surface area contributed by atoms with Gasteiger partial charge in [0.25, 0.3) is 0 Å². The molecule has 0 atom stereocenters. The van der Waals surface area contributed by atoms with Crippen LogP contribution in [0, 0.1) is 6.92 Å². The molecule has 2 aromatic heterocycles. The molecule has 4 nitrogen and oxygen atoms in total. The van der Waals surface area contributed by atoms with Crippen LogP contribution in [0.15, 0.2) is 43.1 Å². The molecule has 0 unspecified atom stereocenters. The van der Waals surface area contributed by atoms with Crippen molar-refractivity contribution >= 4 is 10.9 Å². The molecule has 0 amide bonds. The summed E-state index contributed by atoms with van der Waals surface area (Å²) in [6.45, 7) is 2.06. The standard InChI is InChI=1S/C12H10N4/c1-9-2-3-10-11(6-9)14-5-4-12(10)16-8-13-7-15-16/h2-8H,1H3. The molecule has 3 rings (SSSR count). The first-order valence-corrected chi connectivity index (χ1v) is 5.05. The van der Waals surface area contributed by atoms with Crippen molar-refractivity contribution in [2.45, 2.75) is 6.92 Å². The number of aryl methyl sites for hydroxylation is 1. The molecule has 0 fully saturated rings. The van der Waals surface area contributed by atoms with Crippen LogP contribution in [0.1, 0.15) is 5.56 Å². The maximum atomic E-state index is 4.35. The van der Waals surface area contributed by atoms with Crippen molar-refractivity contribution in [3.05, 3.63) is 48.7 Å². The van der Waals surface area contributed by atoms with E-state index in [1.165, 1.54) is 11.9 Å². The Balaban J connectivity index is 2.34. The molecule has 0 aliphatic heterocycles. The third-order valence-electron chi connectivity index (χ3n) is 2.54. The second kappa shape index (κ2) is 3.41. The van der Waals surface area contributed by atoms with Gasteiger partial charge < -0.3 is 0 Å². The molecule has 0 aliphatic carbocycles. The second-order valence-corrected chi connectivity index (χ2v) is 3.69. The highest BCUT2D eigenvalue weighted by atomic mass is 15.3. The fraction of sp³-hybridized carbons (Fsp3) is 0.0833. The van der Waals surface area contributed by atoms with E-state index in [2.05, 4.69) is 40.2 Å². The molecule has 2 heterocycles. The summed E-state index contributed by atoms with van der Waals surface area (Å²) in [6.07, 6.45) is 5.01. The number of aromatic nitrogens is 4. The highest BCUT2D eigenvalue weighted by Crippen LogP contribution is 2.20. The molecule has 1 aromatic carbocycles. The van der Waals surface area contributed by atoms with Crippen molar-refractivity contribution in [1.82, 2.24) is 19.7 Å². The van der Waals surface area contributed by atoms with E-state index in [0.29, 0.717) is 0 Å². The predicted molar refractivity (Wildman–Crippen MR) is 61.4 cm³/mol. The van der Waals surface area contributed by atoms with E-state index < -0.39 is 0 Å². The molecule has 0 radical (unpaired) electrons. The minimum Gasteiger partial charge on any atom is -0.256 e. The van der Waals surface area contributed by atoms with E-state index in [1.54, 1.807) is 17.2 Å². The lowest BCUT2D eigenvalue weighted by Gasteiger charge is -2.05. The second-order valence-electron chi connectivity index (χ2n) is 3.69. The lowest BCUT2D eigenvalue weighted by atomic mass is 10.1. The summed E-state index contributed by atoms with van der Waals surface area (Å²) in [6, 6.07) is 8.14. The van der Waals surface area contributed by atoms with Crippen molar-refractivity contribution in [3.8, 4) is 5.69 Å².